The molecule has 2 aromatic heterocycles. The molecule has 0 aliphatic carbocycles. The third-order valence-corrected chi connectivity index (χ3v) is 5.80. The van der Waals surface area contributed by atoms with Crippen molar-refractivity contribution in [3.05, 3.63) is 58.9 Å². The average molecular weight is 337 g/mol. The van der Waals surface area contributed by atoms with Crippen molar-refractivity contribution in [3.8, 4) is 0 Å². The van der Waals surface area contributed by atoms with Gasteiger partial charge in [-0.25, -0.2) is 4.98 Å². The molecule has 0 saturated carbocycles. The van der Waals surface area contributed by atoms with Crippen molar-refractivity contribution in [2.75, 3.05) is 13.1 Å². The number of para-hydroxylation sites is 1. The van der Waals surface area contributed by atoms with Gasteiger partial charge in [0.25, 0.3) is 5.91 Å². The van der Waals surface area contributed by atoms with Gasteiger partial charge in [-0.15, -0.1) is 11.3 Å². The van der Waals surface area contributed by atoms with Gasteiger partial charge in [0, 0.05) is 30.9 Å². The molecule has 0 N–H and O–H groups in total. The first-order valence-corrected chi connectivity index (χ1v) is 9.10. The smallest absolute Gasteiger partial charge is 0.255 e. The number of rotatable bonds is 2. The number of aryl methyl sites for hydroxylation is 1. The molecule has 1 amide bonds. The van der Waals surface area contributed by atoms with Gasteiger partial charge in [-0.1, -0.05) is 12.1 Å². The van der Waals surface area contributed by atoms with E-state index in [0.717, 1.165) is 37.1 Å². The molecule has 5 heteroatoms. The quantitative estimate of drug-likeness (QED) is 0.709. The lowest BCUT2D eigenvalue weighted by Gasteiger charge is -2.31. The number of nitrogens with zero attached hydrogens (tertiary/aromatic N) is 3. The third kappa shape index (κ3) is 2.91. The second kappa shape index (κ2) is 6.32. The summed E-state index contributed by atoms with van der Waals surface area (Å²) in [5.41, 5.74) is 2.70. The predicted octanol–water partition coefficient (Wildman–Crippen LogP) is 4.02. The number of likely N-dealkylation sites (tertiary alicyclic amines) is 1. The minimum atomic E-state index is 0.0882. The molecule has 122 valence electrons. The van der Waals surface area contributed by atoms with E-state index >= 15 is 0 Å². The Balaban J connectivity index is 1.44. The molecule has 0 unspecified atom stereocenters. The van der Waals surface area contributed by atoms with Crippen LogP contribution >= 0.6 is 11.3 Å². The van der Waals surface area contributed by atoms with Crippen molar-refractivity contribution >= 4 is 27.5 Å². The van der Waals surface area contributed by atoms with Crippen LogP contribution < -0.4 is 0 Å². The molecule has 4 nitrogen and oxygen atoms in total. The zero-order chi connectivity index (χ0) is 16.5. The fourth-order valence-electron chi connectivity index (χ4n) is 3.17. The summed E-state index contributed by atoms with van der Waals surface area (Å²) in [7, 11) is 0. The molecule has 3 aromatic rings. The van der Waals surface area contributed by atoms with Crippen LogP contribution in [-0.4, -0.2) is 33.9 Å². The zero-order valence-electron chi connectivity index (χ0n) is 13.6. The van der Waals surface area contributed by atoms with Gasteiger partial charge in [-0.05, 0) is 44.0 Å². The van der Waals surface area contributed by atoms with Crippen molar-refractivity contribution in [1.82, 2.24) is 14.9 Å². The number of hydrogen-bond acceptors (Lipinski definition) is 4. The van der Waals surface area contributed by atoms with Gasteiger partial charge in [0.1, 0.15) is 0 Å². The van der Waals surface area contributed by atoms with Gasteiger partial charge < -0.3 is 4.90 Å². The van der Waals surface area contributed by atoms with Gasteiger partial charge in [-0.2, -0.15) is 0 Å². The van der Waals surface area contributed by atoms with Crippen LogP contribution in [0.15, 0.2) is 42.6 Å². The zero-order valence-corrected chi connectivity index (χ0v) is 14.4. The SMILES string of the molecule is Cc1ccc(C(=O)N2CCC(c3nc4ccccc4s3)CC2)cn1. The normalized spacial score (nSPS) is 15.8. The highest BCUT2D eigenvalue weighted by Crippen LogP contribution is 2.34. The van der Waals surface area contributed by atoms with Crippen molar-refractivity contribution in [3.63, 3.8) is 0 Å². The van der Waals surface area contributed by atoms with Crippen molar-refractivity contribution in [2.24, 2.45) is 0 Å². The second-order valence-corrected chi connectivity index (χ2v) is 7.34. The number of piperidine rings is 1. The van der Waals surface area contributed by atoms with Crippen LogP contribution in [0.2, 0.25) is 0 Å². The van der Waals surface area contributed by atoms with Crippen LogP contribution in [0.25, 0.3) is 10.2 Å². The number of hydrogen-bond donors (Lipinski definition) is 0. The standard InChI is InChI=1S/C19H19N3OS/c1-13-6-7-15(12-20-13)19(23)22-10-8-14(9-11-22)18-21-16-4-2-3-5-17(16)24-18/h2-7,12,14H,8-11H2,1H3. The maximum absolute atomic E-state index is 12.6. The van der Waals surface area contributed by atoms with E-state index in [1.54, 1.807) is 17.5 Å². The number of carbonyl (C=O) groups is 1. The molecule has 0 atom stereocenters. The summed E-state index contributed by atoms with van der Waals surface area (Å²) in [6, 6.07) is 12.0. The topological polar surface area (TPSA) is 46.1 Å². The van der Waals surface area contributed by atoms with E-state index in [9.17, 15) is 4.79 Å². The molecule has 1 aliphatic heterocycles. The molecule has 0 bridgehead atoms. The molecular formula is C19H19N3OS. The summed E-state index contributed by atoms with van der Waals surface area (Å²) in [6.07, 6.45) is 3.63. The van der Waals surface area contributed by atoms with E-state index in [0.29, 0.717) is 11.5 Å². The number of fused-ring (bicyclic) bond motifs is 1. The highest BCUT2D eigenvalue weighted by atomic mass is 32.1. The third-order valence-electron chi connectivity index (χ3n) is 4.60. The Morgan fingerprint density at radius 2 is 1.96 bits per heavy atom. The van der Waals surface area contributed by atoms with Crippen molar-refractivity contribution in [2.45, 2.75) is 25.7 Å². The molecule has 24 heavy (non-hydrogen) atoms. The maximum Gasteiger partial charge on any atom is 0.255 e. The molecular weight excluding hydrogens is 318 g/mol. The fourth-order valence-corrected chi connectivity index (χ4v) is 4.31. The first kappa shape index (κ1) is 15.3. The van der Waals surface area contributed by atoms with Crippen molar-refractivity contribution < 1.29 is 4.79 Å². The summed E-state index contributed by atoms with van der Waals surface area (Å²) in [5, 5.41) is 1.21. The number of thiazole rings is 1. The lowest BCUT2D eigenvalue weighted by Crippen LogP contribution is -2.37. The molecule has 1 saturated heterocycles. The van der Waals surface area contributed by atoms with Crippen LogP contribution in [0.5, 0.6) is 0 Å². The lowest BCUT2D eigenvalue weighted by atomic mass is 9.97. The summed E-state index contributed by atoms with van der Waals surface area (Å²) in [6.45, 7) is 3.50. The van der Waals surface area contributed by atoms with Gasteiger partial charge in [0.05, 0.1) is 20.8 Å². The van der Waals surface area contributed by atoms with Crippen molar-refractivity contribution in [1.29, 1.82) is 0 Å². The number of pyridine rings is 1. The van der Waals surface area contributed by atoms with Crippen LogP contribution in [-0.2, 0) is 0 Å². The van der Waals surface area contributed by atoms with Crippen LogP contribution in [0.4, 0.5) is 0 Å². The summed E-state index contributed by atoms with van der Waals surface area (Å²) in [4.78, 5) is 23.5. The molecule has 4 rings (SSSR count). The fraction of sp³-hybridized carbons (Fsp3) is 0.316. The van der Waals surface area contributed by atoms with Crippen LogP contribution in [0.3, 0.4) is 0 Å². The molecule has 1 aliphatic rings. The van der Waals surface area contributed by atoms with E-state index in [4.69, 9.17) is 4.98 Å². The van der Waals surface area contributed by atoms with Gasteiger partial charge in [0.15, 0.2) is 0 Å². The molecule has 0 radical (unpaired) electrons. The number of carbonyl (C=O) groups excluding carboxylic acids is 1. The predicted molar refractivity (Wildman–Crippen MR) is 96.5 cm³/mol. The van der Waals surface area contributed by atoms with Gasteiger partial charge in [0.2, 0.25) is 0 Å². The van der Waals surface area contributed by atoms with E-state index < -0.39 is 0 Å². The Labute approximate surface area is 145 Å². The molecule has 1 aromatic carbocycles. The van der Waals surface area contributed by atoms with E-state index in [1.165, 1.54) is 9.71 Å². The van der Waals surface area contributed by atoms with Crippen LogP contribution in [0.1, 0.15) is 39.8 Å². The minimum absolute atomic E-state index is 0.0882. The first-order chi connectivity index (χ1) is 11.7. The molecule has 1 fully saturated rings. The summed E-state index contributed by atoms with van der Waals surface area (Å²) < 4.78 is 1.25. The van der Waals surface area contributed by atoms with E-state index in [1.807, 2.05) is 30.0 Å². The Hall–Kier alpha value is -2.27. The largest absolute Gasteiger partial charge is 0.339 e. The molecule has 0 spiro atoms. The maximum atomic E-state index is 12.6. The highest BCUT2D eigenvalue weighted by molar-refractivity contribution is 7.18. The number of benzene rings is 1. The molecule has 3 heterocycles. The number of amides is 1. The Kier molecular flexibility index (Phi) is 4.02. The highest BCUT2D eigenvalue weighted by Gasteiger charge is 2.26. The Morgan fingerprint density at radius 3 is 2.67 bits per heavy atom. The monoisotopic (exact) mass is 337 g/mol. The second-order valence-electron chi connectivity index (χ2n) is 6.27. The minimum Gasteiger partial charge on any atom is -0.339 e. The van der Waals surface area contributed by atoms with Gasteiger partial charge in [-0.3, -0.25) is 9.78 Å². The van der Waals surface area contributed by atoms with E-state index in [2.05, 4.69) is 23.2 Å². The van der Waals surface area contributed by atoms with Crippen LogP contribution in [0, 0.1) is 6.92 Å². The first-order valence-electron chi connectivity index (χ1n) is 8.28. The summed E-state index contributed by atoms with van der Waals surface area (Å²) >= 11 is 1.79. The summed E-state index contributed by atoms with van der Waals surface area (Å²) in [5.74, 6) is 0.549. The Bertz CT molecular complexity index is 831. The van der Waals surface area contributed by atoms with Gasteiger partial charge >= 0.3 is 0 Å². The number of aromatic nitrogens is 2. The van der Waals surface area contributed by atoms with E-state index in [-0.39, 0.29) is 5.91 Å². The average Bonchev–Trinajstić information content (AvgIpc) is 3.06. The Morgan fingerprint density at radius 1 is 1.17 bits per heavy atom. The lowest BCUT2D eigenvalue weighted by molar-refractivity contribution is 0.0712.